The lowest BCUT2D eigenvalue weighted by molar-refractivity contribution is -0.140. The molecule has 3 rings (SSSR count). The maximum absolute atomic E-state index is 13.9. The van der Waals surface area contributed by atoms with Gasteiger partial charge in [-0.2, -0.15) is 0 Å². The molecule has 0 heterocycles. The first-order valence-corrected chi connectivity index (χ1v) is 14.2. The van der Waals surface area contributed by atoms with Crippen molar-refractivity contribution in [1.82, 2.24) is 10.2 Å². The number of carbonyl (C=O) groups is 2. The van der Waals surface area contributed by atoms with E-state index >= 15 is 0 Å². The summed E-state index contributed by atoms with van der Waals surface area (Å²) >= 11 is 6.17. The SMILES string of the molecule is COc1ccc(N(CC(=O)N(Cc2cccc(Cl)c2)C(C)C(=O)NC(C)(C)C)S(=O)(=O)c2ccccc2)cc1. The van der Waals surface area contributed by atoms with Crippen LogP contribution in [0.2, 0.25) is 5.02 Å². The Morgan fingerprint density at radius 1 is 0.974 bits per heavy atom. The fourth-order valence-electron chi connectivity index (χ4n) is 3.89. The molecular weight excluding hydrogens is 538 g/mol. The number of amides is 2. The molecule has 1 N–H and O–H groups in total. The quantitative estimate of drug-likeness (QED) is 0.374. The van der Waals surface area contributed by atoms with Crippen LogP contribution in [0.25, 0.3) is 0 Å². The fourth-order valence-corrected chi connectivity index (χ4v) is 5.53. The Morgan fingerprint density at radius 3 is 2.18 bits per heavy atom. The number of benzene rings is 3. The van der Waals surface area contributed by atoms with Gasteiger partial charge in [-0.05, 0) is 81.8 Å². The van der Waals surface area contributed by atoms with Gasteiger partial charge in [0.05, 0.1) is 17.7 Å². The molecule has 208 valence electrons. The van der Waals surface area contributed by atoms with E-state index < -0.39 is 34.1 Å². The van der Waals surface area contributed by atoms with Crippen LogP contribution in [-0.4, -0.2) is 50.4 Å². The maximum Gasteiger partial charge on any atom is 0.264 e. The third-order valence-corrected chi connectivity index (χ3v) is 7.90. The number of ether oxygens (including phenoxy) is 1. The van der Waals surface area contributed by atoms with E-state index in [2.05, 4.69) is 5.32 Å². The molecule has 0 spiro atoms. The molecule has 10 heteroatoms. The molecule has 0 aromatic heterocycles. The predicted molar refractivity (Wildman–Crippen MR) is 153 cm³/mol. The minimum absolute atomic E-state index is 0.0357. The Labute approximate surface area is 235 Å². The van der Waals surface area contributed by atoms with Gasteiger partial charge in [-0.25, -0.2) is 8.42 Å². The molecule has 1 atom stereocenters. The summed E-state index contributed by atoms with van der Waals surface area (Å²) in [5, 5.41) is 3.38. The van der Waals surface area contributed by atoms with Crippen LogP contribution in [0.3, 0.4) is 0 Å². The third-order valence-electron chi connectivity index (χ3n) is 5.88. The number of nitrogens with one attached hydrogen (secondary N) is 1. The number of hydrogen-bond acceptors (Lipinski definition) is 5. The fraction of sp³-hybridized carbons (Fsp3) is 0.310. The van der Waals surface area contributed by atoms with Crippen LogP contribution in [0, 0.1) is 0 Å². The Balaban J connectivity index is 2.03. The van der Waals surface area contributed by atoms with E-state index in [0.29, 0.717) is 16.3 Å². The van der Waals surface area contributed by atoms with Crippen molar-refractivity contribution in [3.05, 3.63) is 89.4 Å². The molecule has 0 fully saturated rings. The van der Waals surface area contributed by atoms with Gasteiger partial charge in [0.15, 0.2) is 0 Å². The molecule has 0 saturated heterocycles. The minimum Gasteiger partial charge on any atom is -0.497 e. The molecule has 0 aliphatic heterocycles. The first-order valence-electron chi connectivity index (χ1n) is 12.4. The molecule has 39 heavy (non-hydrogen) atoms. The van der Waals surface area contributed by atoms with Crippen molar-refractivity contribution in [2.45, 2.75) is 50.7 Å². The third kappa shape index (κ3) is 7.97. The lowest BCUT2D eigenvalue weighted by atomic mass is 10.1. The van der Waals surface area contributed by atoms with Crippen molar-refractivity contribution in [2.75, 3.05) is 18.0 Å². The molecule has 0 aliphatic rings. The largest absolute Gasteiger partial charge is 0.497 e. The Hall–Kier alpha value is -3.56. The van der Waals surface area contributed by atoms with Crippen LogP contribution >= 0.6 is 11.6 Å². The van der Waals surface area contributed by atoms with Gasteiger partial charge in [0.2, 0.25) is 11.8 Å². The van der Waals surface area contributed by atoms with Crippen molar-refractivity contribution in [3.8, 4) is 5.75 Å². The first-order chi connectivity index (χ1) is 18.3. The van der Waals surface area contributed by atoms with E-state index in [1.165, 1.54) is 24.1 Å². The average Bonchev–Trinajstić information content (AvgIpc) is 2.89. The Morgan fingerprint density at radius 2 is 1.62 bits per heavy atom. The predicted octanol–water partition coefficient (Wildman–Crippen LogP) is 4.88. The molecule has 8 nitrogen and oxygen atoms in total. The number of anilines is 1. The van der Waals surface area contributed by atoms with Crippen LogP contribution in [-0.2, 0) is 26.2 Å². The highest BCUT2D eigenvalue weighted by Crippen LogP contribution is 2.26. The Kier molecular flexibility index (Phi) is 9.63. The van der Waals surface area contributed by atoms with Crippen LogP contribution < -0.4 is 14.4 Å². The smallest absolute Gasteiger partial charge is 0.264 e. The molecule has 0 saturated carbocycles. The summed E-state index contributed by atoms with van der Waals surface area (Å²) in [6.45, 7) is 6.68. The molecule has 2 amide bonds. The van der Waals surface area contributed by atoms with Crippen LogP contribution in [0.1, 0.15) is 33.3 Å². The molecule has 3 aromatic carbocycles. The highest BCUT2D eigenvalue weighted by atomic mass is 35.5. The molecule has 0 radical (unpaired) electrons. The second kappa shape index (κ2) is 12.5. The zero-order valence-electron chi connectivity index (χ0n) is 22.7. The van der Waals surface area contributed by atoms with Gasteiger partial charge in [-0.15, -0.1) is 0 Å². The molecule has 0 bridgehead atoms. The number of sulfonamides is 1. The van der Waals surface area contributed by atoms with Gasteiger partial charge in [-0.3, -0.25) is 13.9 Å². The van der Waals surface area contributed by atoms with Gasteiger partial charge in [0.25, 0.3) is 10.0 Å². The van der Waals surface area contributed by atoms with Crippen LogP contribution in [0.15, 0.2) is 83.8 Å². The van der Waals surface area contributed by atoms with Crippen LogP contribution in [0.4, 0.5) is 5.69 Å². The summed E-state index contributed by atoms with van der Waals surface area (Å²) in [6, 6.07) is 20.3. The van der Waals surface area contributed by atoms with Crippen molar-refractivity contribution in [3.63, 3.8) is 0 Å². The summed E-state index contributed by atoms with van der Waals surface area (Å²) < 4.78 is 33.8. The van der Waals surface area contributed by atoms with E-state index in [1.807, 2.05) is 20.8 Å². The van der Waals surface area contributed by atoms with E-state index in [4.69, 9.17) is 16.3 Å². The lowest BCUT2D eigenvalue weighted by Gasteiger charge is -2.33. The molecular formula is C29H34ClN3O5S. The van der Waals surface area contributed by atoms with Gasteiger partial charge in [0.1, 0.15) is 18.3 Å². The highest BCUT2D eigenvalue weighted by molar-refractivity contribution is 7.92. The standard InChI is InChI=1S/C29H34ClN3O5S/c1-21(28(35)31-29(2,3)4)32(19-22-10-9-11-23(30)18-22)27(34)20-33(24-14-16-25(38-5)17-15-24)39(36,37)26-12-7-6-8-13-26/h6-18,21H,19-20H2,1-5H3,(H,31,35). The number of methoxy groups -OCH3 is 1. The molecule has 0 aliphatic carbocycles. The topological polar surface area (TPSA) is 96.0 Å². The second-order valence-electron chi connectivity index (χ2n) is 10.1. The van der Waals surface area contributed by atoms with Crippen molar-refractivity contribution < 1.29 is 22.7 Å². The van der Waals surface area contributed by atoms with E-state index in [1.54, 1.807) is 73.7 Å². The monoisotopic (exact) mass is 571 g/mol. The highest BCUT2D eigenvalue weighted by Gasteiger charge is 2.33. The maximum atomic E-state index is 13.9. The summed E-state index contributed by atoms with van der Waals surface area (Å²) in [4.78, 5) is 28.4. The number of nitrogens with zero attached hydrogens (tertiary/aromatic N) is 2. The molecule has 3 aromatic rings. The number of halogens is 1. The number of hydrogen-bond donors (Lipinski definition) is 1. The van der Waals surface area contributed by atoms with Crippen molar-refractivity contribution >= 4 is 39.1 Å². The minimum atomic E-state index is -4.13. The summed E-state index contributed by atoms with van der Waals surface area (Å²) in [7, 11) is -2.62. The van der Waals surface area contributed by atoms with Gasteiger partial charge in [0, 0.05) is 17.1 Å². The van der Waals surface area contributed by atoms with Crippen LogP contribution in [0.5, 0.6) is 5.75 Å². The average molecular weight is 572 g/mol. The van der Waals surface area contributed by atoms with E-state index in [9.17, 15) is 18.0 Å². The van der Waals surface area contributed by atoms with Gasteiger partial charge in [-0.1, -0.05) is 41.9 Å². The van der Waals surface area contributed by atoms with Gasteiger partial charge < -0.3 is 15.0 Å². The number of carbonyl (C=O) groups excluding carboxylic acids is 2. The summed E-state index contributed by atoms with van der Waals surface area (Å²) in [5.74, 6) is -0.376. The normalized spacial score (nSPS) is 12.4. The summed E-state index contributed by atoms with van der Waals surface area (Å²) in [5.41, 5.74) is 0.456. The van der Waals surface area contributed by atoms with Crippen molar-refractivity contribution in [2.24, 2.45) is 0 Å². The van der Waals surface area contributed by atoms with Gasteiger partial charge >= 0.3 is 0 Å². The second-order valence-corrected chi connectivity index (χ2v) is 12.4. The van der Waals surface area contributed by atoms with Crippen molar-refractivity contribution in [1.29, 1.82) is 0 Å². The lowest BCUT2D eigenvalue weighted by Crippen LogP contribution is -2.54. The molecule has 1 unspecified atom stereocenters. The zero-order chi connectivity index (χ0) is 28.8. The number of rotatable bonds is 10. The zero-order valence-corrected chi connectivity index (χ0v) is 24.3. The van der Waals surface area contributed by atoms with E-state index in [0.717, 1.165) is 4.31 Å². The van der Waals surface area contributed by atoms with E-state index in [-0.39, 0.29) is 23.0 Å². The Bertz CT molecular complexity index is 1390. The first kappa shape index (κ1) is 30.0. The summed E-state index contributed by atoms with van der Waals surface area (Å²) in [6.07, 6.45) is 0.